The third-order valence-corrected chi connectivity index (χ3v) is 9.00. The molecule has 2 amide bonds. The Morgan fingerprint density at radius 3 is 2.26 bits per heavy atom. The molecule has 4 aromatic rings. The molecule has 39 heavy (non-hydrogen) atoms. The Kier molecular flexibility index (Phi) is 7.16. The van der Waals surface area contributed by atoms with Crippen LogP contribution in [0.4, 0.5) is 17.1 Å². The second-order valence-electron chi connectivity index (χ2n) is 9.39. The van der Waals surface area contributed by atoms with Crippen LogP contribution in [0.1, 0.15) is 17.5 Å². The first-order valence-electron chi connectivity index (χ1n) is 12.3. The van der Waals surface area contributed by atoms with Gasteiger partial charge in [-0.25, -0.2) is 8.42 Å². The number of hydrogen-bond acceptors (Lipinski definition) is 4. The summed E-state index contributed by atoms with van der Waals surface area (Å²) in [4.78, 5) is 26.4. The Balaban J connectivity index is 1.45. The predicted octanol–water partition coefficient (Wildman–Crippen LogP) is 6.17. The molecule has 0 saturated heterocycles. The number of anilines is 3. The van der Waals surface area contributed by atoms with Crippen LogP contribution in [0.2, 0.25) is 5.02 Å². The molecule has 1 aliphatic rings. The number of fused-ring (bicyclic) bond motifs is 1. The molecular weight excluding hydrogens is 534 g/mol. The monoisotopic (exact) mass is 559 g/mol. The highest BCUT2D eigenvalue weighted by molar-refractivity contribution is 7.93. The van der Waals surface area contributed by atoms with Crippen molar-refractivity contribution in [2.75, 3.05) is 14.9 Å². The molecule has 0 aliphatic carbocycles. The van der Waals surface area contributed by atoms with Gasteiger partial charge in [-0.05, 0) is 72.5 Å². The fraction of sp³-hybridized carbons (Fsp3) is 0.133. The maximum absolute atomic E-state index is 14.1. The average molecular weight is 560 g/mol. The quantitative estimate of drug-likeness (QED) is 0.295. The third kappa shape index (κ3) is 5.26. The van der Waals surface area contributed by atoms with Crippen molar-refractivity contribution in [3.63, 3.8) is 0 Å². The number of hydrogen-bond donors (Lipinski definition) is 2. The highest BCUT2D eigenvalue weighted by Crippen LogP contribution is 2.38. The van der Waals surface area contributed by atoms with Crippen molar-refractivity contribution in [2.45, 2.75) is 31.2 Å². The smallest absolute Gasteiger partial charge is 0.265 e. The minimum atomic E-state index is -4.25. The average Bonchev–Trinajstić information content (AvgIpc) is 2.91. The molecule has 0 radical (unpaired) electrons. The lowest BCUT2D eigenvalue weighted by Gasteiger charge is -2.37. The second-order valence-corrected chi connectivity index (χ2v) is 11.6. The molecule has 2 N–H and O–H groups in total. The van der Waals surface area contributed by atoms with E-state index < -0.39 is 27.9 Å². The number of nitrogens with one attached hydrogen (secondary N) is 2. The number of para-hydroxylation sites is 2. The van der Waals surface area contributed by atoms with Gasteiger partial charge in [0.2, 0.25) is 11.8 Å². The van der Waals surface area contributed by atoms with Gasteiger partial charge in [0, 0.05) is 10.7 Å². The molecule has 5 rings (SSSR count). The number of carbonyl (C=O) groups is 2. The lowest BCUT2D eigenvalue weighted by atomic mass is 10.1. The zero-order chi connectivity index (χ0) is 27.7. The van der Waals surface area contributed by atoms with Gasteiger partial charge in [-0.1, -0.05) is 66.2 Å². The van der Waals surface area contributed by atoms with Gasteiger partial charge in [-0.2, -0.15) is 0 Å². The number of halogens is 1. The van der Waals surface area contributed by atoms with Gasteiger partial charge in [0.15, 0.2) is 0 Å². The van der Waals surface area contributed by atoms with E-state index in [2.05, 4.69) is 10.6 Å². The van der Waals surface area contributed by atoms with Crippen molar-refractivity contribution in [1.29, 1.82) is 0 Å². The van der Waals surface area contributed by atoms with Crippen molar-refractivity contribution in [2.24, 2.45) is 0 Å². The normalized spacial score (nSPS) is 14.9. The van der Waals surface area contributed by atoms with Gasteiger partial charge < -0.3 is 10.6 Å². The van der Waals surface area contributed by atoms with Gasteiger partial charge in [0.25, 0.3) is 10.0 Å². The minimum absolute atomic E-state index is 0.0239. The molecule has 0 spiro atoms. The highest BCUT2D eigenvalue weighted by Gasteiger charge is 2.42. The molecular formula is C30H26ClN3O4S. The number of sulfonamides is 1. The molecule has 7 nitrogen and oxygen atoms in total. The first-order chi connectivity index (χ1) is 18.6. The maximum atomic E-state index is 14.1. The van der Waals surface area contributed by atoms with Crippen LogP contribution in [-0.2, 0) is 19.6 Å². The van der Waals surface area contributed by atoms with E-state index in [1.165, 1.54) is 6.07 Å². The fourth-order valence-electron chi connectivity index (χ4n) is 4.64. The summed E-state index contributed by atoms with van der Waals surface area (Å²) in [6.07, 6.45) is -0.383. The van der Waals surface area contributed by atoms with Crippen molar-refractivity contribution in [1.82, 2.24) is 0 Å². The van der Waals surface area contributed by atoms with Gasteiger partial charge >= 0.3 is 0 Å². The molecule has 4 aromatic carbocycles. The lowest BCUT2D eigenvalue weighted by Crippen LogP contribution is -2.52. The van der Waals surface area contributed by atoms with E-state index in [0.29, 0.717) is 27.5 Å². The van der Waals surface area contributed by atoms with Crippen molar-refractivity contribution in [3.05, 3.63) is 107 Å². The molecule has 9 heteroatoms. The van der Waals surface area contributed by atoms with Gasteiger partial charge in [0.05, 0.1) is 22.7 Å². The molecule has 0 bridgehead atoms. The molecule has 1 aliphatic heterocycles. The van der Waals surface area contributed by atoms with Crippen molar-refractivity contribution >= 4 is 50.5 Å². The first kappa shape index (κ1) is 26.5. The summed E-state index contributed by atoms with van der Waals surface area (Å²) in [6.45, 7) is 3.36. The Labute approximate surface area is 232 Å². The number of aryl methyl sites for hydroxylation is 2. The van der Waals surface area contributed by atoms with Crippen LogP contribution >= 0.6 is 11.6 Å². The first-order valence-corrected chi connectivity index (χ1v) is 14.1. The zero-order valence-corrected chi connectivity index (χ0v) is 22.9. The van der Waals surface area contributed by atoms with Crippen LogP contribution < -0.4 is 14.9 Å². The lowest BCUT2D eigenvalue weighted by molar-refractivity contribution is -0.122. The van der Waals surface area contributed by atoms with E-state index in [9.17, 15) is 18.0 Å². The zero-order valence-electron chi connectivity index (χ0n) is 21.3. The number of rotatable bonds is 6. The Morgan fingerprint density at radius 1 is 0.897 bits per heavy atom. The van der Waals surface area contributed by atoms with Gasteiger partial charge in [-0.3, -0.25) is 13.9 Å². The summed E-state index contributed by atoms with van der Waals surface area (Å²) in [7, 11) is -4.25. The Morgan fingerprint density at radius 2 is 1.54 bits per heavy atom. The number of carbonyl (C=O) groups excluding carboxylic acids is 2. The summed E-state index contributed by atoms with van der Waals surface area (Å²) in [5.41, 5.74) is 4.23. The Hall–Kier alpha value is -4.14. The number of nitrogens with zero attached hydrogens (tertiary/aromatic N) is 1. The van der Waals surface area contributed by atoms with E-state index in [-0.39, 0.29) is 17.0 Å². The van der Waals surface area contributed by atoms with Crippen molar-refractivity contribution in [3.8, 4) is 11.1 Å². The molecule has 0 fully saturated rings. The SMILES string of the molecule is Cc1cc(S(=O)(=O)N2c3ccccc3NC(=O)C2CC(=O)Nc2ccc(-c3ccccc3)cc2)c(C)cc1Cl. The third-order valence-electron chi connectivity index (χ3n) is 6.63. The van der Waals surface area contributed by atoms with E-state index in [4.69, 9.17) is 11.6 Å². The van der Waals surface area contributed by atoms with Crippen LogP contribution in [-0.4, -0.2) is 26.3 Å². The molecule has 1 unspecified atom stereocenters. The summed E-state index contributed by atoms with van der Waals surface area (Å²) < 4.78 is 29.2. The minimum Gasteiger partial charge on any atom is -0.326 e. The number of benzene rings is 4. The van der Waals surface area contributed by atoms with E-state index in [1.54, 1.807) is 56.3 Å². The van der Waals surface area contributed by atoms with Crippen LogP contribution in [0.15, 0.2) is 95.9 Å². The van der Waals surface area contributed by atoms with Crippen LogP contribution in [0.25, 0.3) is 11.1 Å². The van der Waals surface area contributed by atoms with Crippen LogP contribution in [0.5, 0.6) is 0 Å². The van der Waals surface area contributed by atoms with Crippen LogP contribution in [0.3, 0.4) is 0 Å². The second kappa shape index (κ2) is 10.6. The summed E-state index contributed by atoms with van der Waals surface area (Å²) in [5, 5.41) is 5.98. The number of amides is 2. The summed E-state index contributed by atoms with van der Waals surface area (Å²) >= 11 is 6.22. The van der Waals surface area contributed by atoms with E-state index in [0.717, 1.165) is 15.4 Å². The topological polar surface area (TPSA) is 95.6 Å². The van der Waals surface area contributed by atoms with Crippen LogP contribution in [0, 0.1) is 13.8 Å². The van der Waals surface area contributed by atoms with E-state index >= 15 is 0 Å². The molecule has 198 valence electrons. The summed E-state index contributed by atoms with van der Waals surface area (Å²) in [5.74, 6) is -1.08. The highest BCUT2D eigenvalue weighted by atomic mass is 35.5. The predicted molar refractivity (Wildman–Crippen MR) is 155 cm³/mol. The molecule has 0 saturated carbocycles. The molecule has 0 aromatic heterocycles. The van der Waals surface area contributed by atoms with Crippen molar-refractivity contribution < 1.29 is 18.0 Å². The fourth-order valence-corrected chi connectivity index (χ4v) is 6.78. The largest absolute Gasteiger partial charge is 0.326 e. The molecule has 1 heterocycles. The van der Waals surface area contributed by atoms with E-state index in [1.807, 2.05) is 42.5 Å². The summed E-state index contributed by atoms with van der Waals surface area (Å²) in [6, 6.07) is 25.5. The Bertz CT molecular complexity index is 1670. The molecule has 1 atom stereocenters. The van der Waals surface area contributed by atoms with Gasteiger partial charge in [0.1, 0.15) is 6.04 Å². The standard InChI is InChI=1S/C30H26ClN3O4S/c1-19-17-28(20(2)16-24(19)31)39(37,38)34-26-11-7-6-10-25(26)33-30(36)27(34)18-29(35)32-23-14-12-22(13-15-23)21-8-4-3-5-9-21/h3-17,27H,18H2,1-2H3,(H,32,35)(H,33,36). The maximum Gasteiger partial charge on any atom is 0.265 e. The van der Waals surface area contributed by atoms with Gasteiger partial charge in [-0.15, -0.1) is 0 Å².